The SMILES string of the molecule is COc1ccc2[nH]cc(C(=O)CSc3nc4cc(C(=O)NC(C)C)ccc4c(=O)n3Cc3ccccc3)c2c1. The Morgan fingerprint density at radius 2 is 1.85 bits per heavy atom. The minimum Gasteiger partial charge on any atom is -0.497 e. The lowest BCUT2D eigenvalue weighted by Crippen LogP contribution is -2.30. The fraction of sp³-hybridized carbons (Fsp3) is 0.200. The number of Topliss-reactive ketones (excluding diaryl/α,β-unsaturated/α-hetero) is 1. The number of nitrogens with zero attached hydrogens (tertiary/aromatic N) is 2. The van der Waals surface area contributed by atoms with Crippen LogP contribution in [0, 0.1) is 0 Å². The Balaban J connectivity index is 1.52. The van der Waals surface area contributed by atoms with Gasteiger partial charge in [0.2, 0.25) is 0 Å². The fourth-order valence-electron chi connectivity index (χ4n) is 4.37. The first-order chi connectivity index (χ1) is 18.8. The molecule has 2 aromatic heterocycles. The number of thioether (sulfide) groups is 1. The molecule has 9 heteroatoms. The predicted molar refractivity (Wildman–Crippen MR) is 154 cm³/mol. The van der Waals surface area contributed by atoms with Crippen LogP contribution in [0.1, 0.15) is 40.1 Å². The van der Waals surface area contributed by atoms with Gasteiger partial charge in [0.05, 0.1) is 30.3 Å². The van der Waals surface area contributed by atoms with Gasteiger partial charge in [-0.3, -0.25) is 19.0 Å². The highest BCUT2D eigenvalue weighted by Crippen LogP contribution is 2.26. The highest BCUT2D eigenvalue weighted by molar-refractivity contribution is 7.99. The van der Waals surface area contributed by atoms with Crippen molar-refractivity contribution in [3.8, 4) is 5.75 Å². The second kappa shape index (κ2) is 11.2. The van der Waals surface area contributed by atoms with Crippen LogP contribution in [0.4, 0.5) is 0 Å². The van der Waals surface area contributed by atoms with Crippen LogP contribution < -0.4 is 15.6 Å². The summed E-state index contributed by atoms with van der Waals surface area (Å²) in [6.45, 7) is 4.07. The molecule has 0 unspecified atom stereocenters. The van der Waals surface area contributed by atoms with Crippen molar-refractivity contribution >= 4 is 45.3 Å². The normalized spacial score (nSPS) is 11.3. The van der Waals surface area contributed by atoms with Crippen LogP contribution in [0.15, 0.2) is 82.9 Å². The largest absolute Gasteiger partial charge is 0.497 e. The molecule has 3 aromatic carbocycles. The Morgan fingerprint density at radius 1 is 1.05 bits per heavy atom. The standard InChI is InChI=1S/C30H28N4O4S/c1-18(2)32-28(36)20-9-11-22-26(13-20)33-30(34(29(22)37)16-19-7-5-4-6-8-19)39-17-27(35)24-15-31-25-12-10-21(38-3)14-23(24)25/h4-15,18,31H,16-17H2,1-3H3,(H,32,36). The average molecular weight is 541 g/mol. The van der Waals surface area contributed by atoms with E-state index in [1.807, 2.05) is 62.4 Å². The molecule has 0 bridgehead atoms. The van der Waals surface area contributed by atoms with E-state index in [0.29, 0.717) is 39.5 Å². The number of aromatic amines is 1. The monoisotopic (exact) mass is 540 g/mol. The highest BCUT2D eigenvalue weighted by atomic mass is 32.2. The molecule has 2 N–H and O–H groups in total. The molecule has 0 spiro atoms. The van der Waals surface area contributed by atoms with Gasteiger partial charge in [0.15, 0.2) is 10.9 Å². The van der Waals surface area contributed by atoms with Crippen LogP contribution in [0.2, 0.25) is 0 Å². The molecule has 0 atom stereocenters. The Labute approximate surface area is 229 Å². The summed E-state index contributed by atoms with van der Waals surface area (Å²) in [5.41, 5.74) is 2.91. The zero-order valence-corrected chi connectivity index (χ0v) is 22.7. The maximum atomic E-state index is 13.6. The summed E-state index contributed by atoms with van der Waals surface area (Å²) >= 11 is 1.20. The molecule has 5 rings (SSSR count). The number of carbonyl (C=O) groups is 2. The Kier molecular flexibility index (Phi) is 7.51. The van der Waals surface area contributed by atoms with Crippen LogP contribution >= 0.6 is 11.8 Å². The van der Waals surface area contributed by atoms with E-state index in [0.717, 1.165) is 16.5 Å². The van der Waals surface area contributed by atoms with E-state index < -0.39 is 0 Å². The number of aromatic nitrogens is 3. The van der Waals surface area contributed by atoms with Gasteiger partial charge in [-0.05, 0) is 55.8 Å². The lowest BCUT2D eigenvalue weighted by molar-refractivity contribution is 0.0942. The number of H-pyrrole nitrogens is 1. The number of methoxy groups -OCH3 is 1. The van der Waals surface area contributed by atoms with E-state index in [1.165, 1.54) is 11.8 Å². The lowest BCUT2D eigenvalue weighted by Gasteiger charge is -2.14. The zero-order chi connectivity index (χ0) is 27.5. The van der Waals surface area contributed by atoms with Crippen molar-refractivity contribution in [1.29, 1.82) is 0 Å². The van der Waals surface area contributed by atoms with Crippen LogP contribution in [0.3, 0.4) is 0 Å². The van der Waals surface area contributed by atoms with Gasteiger partial charge in [-0.1, -0.05) is 42.1 Å². The van der Waals surface area contributed by atoms with Crippen LogP contribution in [0.25, 0.3) is 21.8 Å². The van der Waals surface area contributed by atoms with Gasteiger partial charge in [-0.25, -0.2) is 4.98 Å². The molecule has 0 radical (unpaired) electrons. The van der Waals surface area contributed by atoms with Crippen molar-refractivity contribution in [2.24, 2.45) is 0 Å². The van der Waals surface area contributed by atoms with Crippen LogP contribution in [-0.2, 0) is 6.54 Å². The highest BCUT2D eigenvalue weighted by Gasteiger charge is 2.18. The van der Waals surface area contributed by atoms with Crippen LogP contribution in [-0.4, -0.2) is 45.1 Å². The lowest BCUT2D eigenvalue weighted by atomic mass is 10.1. The number of ether oxygens (including phenoxy) is 1. The molecular weight excluding hydrogens is 512 g/mol. The summed E-state index contributed by atoms with van der Waals surface area (Å²) in [6.07, 6.45) is 1.69. The van der Waals surface area contributed by atoms with Crippen molar-refractivity contribution < 1.29 is 14.3 Å². The third-order valence-corrected chi connectivity index (χ3v) is 7.28. The molecule has 39 heavy (non-hydrogen) atoms. The summed E-state index contributed by atoms with van der Waals surface area (Å²) in [4.78, 5) is 47.4. The molecule has 0 fully saturated rings. The molecule has 0 saturated carbocycles. The summed E-state index contributed by atoms with van der Waals surface area (Å²) in [5.74, 6) is 0.394. The number of carbonyl (C=O) groups excluding carboxylic acids is 2. The maximum absolute atomic E-state index is 13.6. The smallest absolute Gasteiger partial charge is 0.262 e. The number of nitrogens with one attached hydrogen (secondary N) is 2. The fourth-order valence-corrected chi connectivity index (χ4v) is 5.25. The topological polar surface area (TPSA) is 106 Å². The van der Waals surface area contributed by atoms with E-state index in [-0.39, 0.29) is 29.0 Å². The number of amides is 1. The van der Waals surface area contributed by atoms with Gasteiger partial charge in [-0.15, -0.1) is 0 Å². The summed E-state index contributed by atoms with van der Waals surface area (Å²) in [6, 6.07) is 20.0. The number of hydrogen-bond donors (Lipinski definition) is 2. The molecule has 1 amide bonds. The van der Waals surface area contributed by atoms with Crippen molar-refractivity contribution in [1.82, 2.24) is 19.9 Å². The Bertz CT molecular complexity index is 1740. The molecule has 198 valence electrons. The number of benzene rings is 3. The van der Waals surface area contributed by atoms with E-state index in [2.05, 4.69) is 10.3 Å². The number of fused-ring (bicyclic) bond motifs is 2. The molecule has 0 saturated heterocycles. The van der Waals surface area contributed by atoms with Crippen LogP contribution in [0.5, 0.6) is 5.75 Å². The summed E-state index contributed by atoms with van der Waals surface area (Å²) < 4.78 is 6.91. The molecule has 0 aliphatic carbocycles. The maximum Gasteiger partial charge on any atom is 0.262 e. The molecule has 5 aromatic rings. The van der Waals surface area contributed by atoms with Gasteiger partial charge >= 0.3 is 0 Å². The van der Waals surface area contributed by atoms with Crippen molar-refractivity contribution in [2.75, 3.05) is 12.9 Å². The minimum atomic E-state index is -0.235. The molecule has 2 heterocycles. The number of ketones is 1. The van der Waals surface area contributed by atoms with Crippen molar-refractivity contribution in [3.63, 3.8) is 0 Å². The van der Waals surface area contributed by atoms with E-state index in [9.17, 15) is 14.4 Å². The van der Waals surface area contributed by atoms with E-state index in [1.54, 1.807) is 36.1 Å². The Morgan fingerprint density at radius 3 is 2.59 bits per heavy atom. The first-order valence-electron chi connectivity index (χ1n) is 12.5. The van der Waals surface area contributed by atoms with E-state index in [4.69, 9.17) is 9.72 Å². The van der Waals surface area contributed by atoms with Gasteiger partial charge in [0, 0.05) is 34.3 Å². The number of hydrogen-bond acceptors (Lipinski definition) is 6. The Hall–Kier alpha value is -4.37. The van der Waals surface area contributed by atoms with E-state index >= 15 is 0 Å². The molecular formula is C30H28N4O4S. The molecule has 0 aliphatic heterocycles. The zero-order valence-electron chi connectivity index (χ0n) is 21.9. The van der Waals surface area contributed by atoms with Gasteiger partial charge in [-0.2, -0.15) is 0 Å². The first kappa shape index (κ1) is 26.2. The average Bonchev–Trinajstić information content (AvgIpc) is 3.36. The van der Waals surface area contributed by atoms with Crippen molar-refractivity contribution in [2.45, 2.75) is 31.6 Å². The summed E-state index contributed by atoms with van der Waals surface area (Å²) in [7, 11) is 1.58. The first-order valence-corrected chi connectivity index (χ1v) is 13.5. The predicted octanol–water partition coefficient (Wildman–Crippen LogP) is 5.05. The van der Waals surface area contributed by atoms with Gasteiger partial charge < -0.3 is 15.0 Å². The molecule has 8 nitrogen and oxygen atoms in total. The van der Waals surface area contributed by atoms with Crippen molar-refractivity contribution in [3.05, 3.63) is 100.0 Å². The minimum absolute atomic E-state index is 0.0263. The number of rotatable bonds is 9. The van der Waals surface area contributed by atoms with Gasteiger partial charge in [0.25, 0.3) is 11.5 Å². The second-order valence-electron chi connectivity index (χ2n) is 9.46. The quantitative estimate of drug-likeness (QED) is 0.154. The molecule has 0 aliphatic rings. The van der Waals surface area contributed by atoms with Gasteiger partial charge in [0.1, 0.15) is 5.75 Å². The second-order valence-corrected chi connectivity index (χ2v) is 10.4. The third kappa shape index (κ3) is 5.58. The third-order valence-electron chi connectivity index (χ3n) is 6.31. The summed E-state index contributed by atoms with van der Waals surface area (Å²) in [5, 5.41) is 4.45.